The monoisotopic (exact) mass is 300 g/mol. The lowest BCUT2D eigenvalue weighted by Gasteiger charge is -2.03. The second-order valence-corrected chi connectivity index (χ2v) is 6.00. The van der Waals surface area contributed by atoms with E-state index >= 15 is 0 Å². The van der Waals surface area contributed by atoms with Gasteiger partial charge in [-0.05, 0) is 24.5 Å². The van der Waals surface area contributed by atoms with Crippen LogP contribution in [0.3, 0.4) is 0 Å². The minimum atomic E-state index is -1.47. The van der Waals surface area contributed by atoms with Gasteiger partial charge in [0.1, 0.15) is 5.01 Å². The topological polar surface area (TPSA) is 38.9 Å². The number of hydrogen-bond donors (Lipinski definition) is 1. The second kappa shape index (κ2) is 5.93. The number of aromatic nitrogens is 1. The zero-order valence-corrected chi connectivity index (χ0v) is 12.0. The first-order chi connectivity index (χ1) is 9.43. The molecule has 0 saturated carbocycles. The standard InChI is InChI=1S/C14H15F3N2S/c1-7(2)5-10-11(6-18)20-14(19-10)8-3-4-9(15)13(17)12(8)16/h3-4,7H,5-6,18H2,1-2H3. The van der Waals surface area contributed by atoms with Crippen LogP contribution in [-0.4, -0.2) is 4.98 Å². The summed E-state index contributed by atoms with van der Waals surface area (Å²) in [5, 5.41) is 0.331. The highest BCUT2D eigenvalue weighted by atomic mass is 32.1. The Bertz CT molecular complexity index is 623. The Morgan fingerprint density at radius 2 is 1.90 bits per heavy atom. The quantitative estimate of drug-likeness (QED) is 0.870. The van der Waals surface area contributed by atoms with Gasteiger partial charge in [-0.15, -0.1) is 11.3 Å². The molecule has 0 aliphatic carbocycles. The first-order valence-electron chi connectivity index (χ1n) is 6.26. The van der Waals surface area contributed by atoms with Gasteiger partial charge >= 0.3 is 0 Å². The molecule has 0 unspecified atom stereocenters. The normalized spacial score (nSPS) is 11.3. The maximum Gasteiger partial charge on any atom is 0.195 e. The molecule has 108 valence electrons. The average Bonchev–Trinajstić information content (AvgIpc) is 2.78. The van der Waals surface area contributed by atoms with Crippen LogP contribution in [0.5, 0.6) is 0 Å². The van der Waals surface area contributed by atoms with Crippen LogP contribution in [0.15, 0.2) is 12.1 Å². The van der Waals surface area contributed by atoms with E-state index in [2.05, 4.69) is 4.98 Å². The zero-order chi connectivity index (χ0) is 14.9. The molecule has 0 atom stereocenters. The van der Waals surface area contributed by atoms with Gasteiger partial charge < -0.3 is 5.73 Å². The number of benzene rings is 1. The van der Waals surface area contributed by atoms with Gasteiger partial charge in [-0.2, -0.15) is 0 Å². The zero-order valence-electron chi connectivity index (χ0n) is 11.2. The fraction of sp³-hybridized carbons (Fsp3) is 0.357. The van der Waals surface area contributed by atoms with E-state index in [0.29, 0.717) is 23.9 Å². The Labute approximate surface area is 119 Å². The lowest BCUT2D eigenvalue weighted by Crippen LogP contribution is -2.02. The third-order valence-corrected chi connectivity index (χ3v) is 3.98. The van der Waals surface area contributed by atoms with Crippen molar-refractivity contribution < 1.29 is 13.2 Å². The molecule has 0 bridgehead atoms. The van der Waals surface area contributed by atoms with Gasteiger partial charge in [0.05, 0.1) is 5.69 Å². The fourth-order valence-electron chi connectivity index (χ4n) is 1.90. The highest BCUT2D eigenvalue weighted by Gasteiger charge is 2.19. The van der Waals surface area contributed by atoms with Crippen molar-refractivity contribution in [1.82, 2.24) is 4.98 Å². The van der Waals surface area contributed by atoms with Crippen molar-refractivity contribution in [2.45, 2.75) is 26.8 Å². The molecule has 1 heterocycles. The molecule has 0 aliphatic heterocycles. The van der Waals surface area contributed by atoms with Crippen LogP contribution in [0.4, 0.5) is 13.2 Å². The maximum absolute atomic E-state index is 13.8. The van der Waals surface area contributed by atoms with Gasteiger partial charge in [0.15, 0.2) is 17.5 Å². The van der Waals surface area contributed by atoms with E-state index in [0.717, 1.165) is 16.6 Å². The number of hydrogen-bond acceptors (Lipinski definition) is 3. The SMILES string of the molecule is CC(C)Cc1nc(-c2ccc(F)c(F)c2F)sc1CN. The van der Waals surface area contributed by atoms with Crippen LogP contribution in [0, 0.1) is 23.4 Å². The van der Waals surface area contributed by atoms with E-state index in [1.54, 1.807) is 0 Å². The van der Waals surface area contributed by atoms with Crippen molar-refractivity contribution in [2.75, 3.05) is 0 Å². The largest absolute Gasteiger partial charge is 0.326 e. The molecule has 0 spiro atoms. The Morgan fingerprint density at radius 3 is 2.50 bits per heavy atom. The summed E-state index contributed by atoms with van der Waals surface area (Å²) in [6.45, 7) is 4.37. The predicted octanol–water partition coefficient (Wildman–Crippen LogP) is 3.88. The number of halogens is 3. The lowest BCUT2D eigenvalue weighted by atomic mass is 10.1. The van der Waals surface area contributed by atoms with Crippen LogP contribution in [0.2, 0.25) is 0 Å². The molecular formula is C14H15F3N2S. The molecule has 2 rings (SSSR count). The van der Waals surface area contributed by atoms with Crippen molar-refractivity contribution in [1.29, 1.82) is 0 Å². The van der Waals surface area contributed by atoms with Gasteiger partial charge in [0, 0.05) is 17.0 Å². The maximum atomic E-state index is 13.8. The van der Waals surface area contributed by atoms with Crippen molar-refractivity contribution in [3.8, 4) is 10.6 Å². The molecule has 2 aromatic rings. The van der Waals surface area contributed by atoms with Crippen molar-refractivity contribution in [3.05, 3.63) is 40.2 Å². The third-order valence-electron chi connectivity index (χ3n) is 2.83. The predicted molar refractivity (Wildman–Crippen MR) is 73.9 cm³/mol. The fourth-order valence-corrected chi connectivity index (χ4v) is 2.88. The van der Waals surface area contributed by atoms with E-state index in [4.69, 9.17) is 5.73 Å². The molecule has 2 N–H and O–H groups in total. The van der Waals surface area contributed by atoms with Crippen LogP contribution in [0.1, 0.15) is 24.4 Å². The number of nitrogens with zero attached hydrogens (tertiary/aromatic N) is 1. The first-order valence-corrected chi connectivity index (χ1v) is 7.08. The van der Waals surface area contributed by atoms with E-state index in [1.165, 1.54) is 17.4 Å². The summed E-state index contributed by atoms with van der Waals surface area (Å²) in [5.41, 5.74) is 6.42. The van der Waals surface area contributed by atoms with Crippen molar-refractivity contribution >= 4 is 11.3 Å². The second-order valence-electron chi connectivity index (χ2n) is 4.91. The highest BCUT2D eigenvalue weighted by Crippen LogP contribution is 2.32. The van der Waals surface area contributed by atoms with Crippen LogP contribution >= 0.6 is 11.3 Å². The van der Waals surface area contributed by atoms with E-state index in [9.17, 15) is 13.2 Å². The molecule has 1 aromatic heterocycles. The smallest absolute Gasteiger partial charge is 0.195 e. The molecule has 0 aliphatic rings. The molecule has 0 amide bonds. The summed E-state index contributed by atoms with van der Waals surface area (Å²) in [4.78, 5) is 5.18. The molecule has 2 nitrogen and oxygen atoms in total. The molecule has 20 heavy (non-hydrogen) atoms. The molecule has 0 saturated heterocycles. The summed E-state index contributed by atoms with van der Waals surface area (Å²) < 4.78 is 40.0. The minimum Gasteiger partial charge on any atom is -0.326 e. The number of thiazole rings is 1. The Balaban J connectivity index is 2.48. The van der Waals surface area contributed by atoms with Crippen LogP contribution in [0.25, 0.3) is 10.6 Å². The van der Waals surface area contributed by atoms with E-state index in [1.807, 2.05) is 13.8 Å². The molecule has 0 fully saturated rings. The Hall–Kier alpha value is -1.40. The molecule has 6 heteroatoms. The summed E-state index contributed by atoms with van der Waals surface area (Å²) >= 11 is 1.22. The van der Waals surface area contributed by atoms with Gasteiger partial charge in [0.25, 0.3) is 0 Å². The first kappa shape index (κ1) is 15.0. The summed E-state index contributed by atoms with van der Waals surface area (Å²) in [6.07, 6.45) is 0.717. The van der Waals surface area contributed by atoms with Gasteiger partial charge in [-0.1, -0.05) is 13.8 Å². The third kappa shape index (κ3) is 2.86. The Kier molecular flexibility index (Phi) is 4.45. The summed E-state index contributed by atoms with van der Waals surface area (Å²) in [6, 6.07) is 2.10. The van der Waals surface area contributed by atoms with Gasteiger partial charge in [0.2, 0.25) is 0 Å². The van der Waals surface area contributed by atoms with Crippen LogP contribution in [-0.2, 0) is 13.0 Å². The van der Waals surface area contributed by atoms with Crippen molar-refractivity contribution in [2.24, 2.45) is 11.7 Å². The molecule has 1 aromatic carbocycles. The molecule has 0 radical (unpaired) electrons. The lowest BCUT2D eigenvalue weighted by molar-refractivity contribution is 0.449. The van der Waals surface area contributed by atoms with Gasteiger partial charge in [-0.25, -0.2) is 18.2 Å². The van der Waals surface area contributed by atoms with Gasteiger partial charge in [-0.3, -0.25) is 0 Å². The molecular weight excluding hydrogens is 285 g/mol. The highest BCUT2D eigenvalue weighted by molar-refractivity contribution is 7.15. The Morgan fingerprint density at radius 1 is 1.20 bits per heavy atom. The van der Waals surface area contributed by atoms with E-state index in [-0.39, 0.29) is 5.56 Å². The number of rotatable bonds is 4. The summed E-state index contributed by atoms with van der Waals surface area (Å²) in [5.74, 6) is -3.51. The van der Waals surface area contributed by atoms with Crippen LogP contribution < -0.4 is 5.73 Å². The number of nitrogens with two attached hydrogens (primary N) is 1. The summed E-state index contributed by atoms with van der Waals surface area (Å²) in [7, 11) is 0. The average molecular weight is 300 g/mol. The van der Waals surface area contributed by atoms with Crippen molar-refractivity contribution in [3.63, 3.8) is 0 Å². The van der Waals surface area contributed by atoms with E-state index < -0.39 is 17.5 Å². The minimum absolute atomic E-state index is 0.0291.